The van der Waals surface area contributed by atoms with Gasteiger partial charge >= 0.3 is 0 Å². The lowest BCUT2D eigenvalue weighted by Crippen LogP contribution is -2.43. The molecule has 1 aliphatic rings. The molecule has 0 bridgehead atoms. The molecule has 124 valence electrons. The Kier molecular flexibility index (Phi) is 5.10. The molecule has 0 fully saturated rings. The van der Waals surface area contributed by atoms with Gasteiger partial charge in [-0.3, -0.25) is 14.6 Å². The van der Waals surface area contributed by atoms with Crippen molar-refractivity contribution in [2.75, 3.05) is 11.4 Å². The van der Waals surface area contributed by atoms with Crippen LogP contribution in [-0.2, 0) is 16.1 Å². The zero-order valence-corrected chi connectivity index (χ0v) is 14.1. The van der Waals surface area contributed by atoms with E-state index in [0.717, 1.165) is 16.4 Å². The van der Waals surface area contributed by atoms with E-state index in [4.69, 9.17) is 0 Å². The number of nitrogens with one attached hydrogen (secondary N) is 1. The van der Waals surface area contributed by atoms with E-state index in [1.807, 2.05) is 37.3 Å². The maximum absolute atomic E-state index is 12.6. The topological polar surface area (TPSA) is 75.2 Å². The Labute approximate surface area is 144 Å². The minimum atomic E-state index is -0.448. The molecule has 1 atom stereocenters. The Morgan fingerprint density at radius 1 is 1.25 bits per heavy atom. The van der Waals surface area contributed by atoms with Crippen molar-refractivity contribution in [3.05, 3.63) is 48.4 Å². The van der Waals surface area contributed by atoms with E-state index >= 15 is 0 Å². The van der Waals surface area contributed by atoms with Crippen LogP contribution < -0.4 is 10.2 Å². The predicted molar refractivity (Wildman–Crippen MR) is 92.6 cm³/mol. The molecule has 3 heterocycles. The smallest absolute Gasteiger partial charge is 0.241 e. The van der Waals surface area contributed by atoms with Gasteiger partial charge in [0.2, 0.25) is 11.8 Å². The average molecular weight is 342 g/mol. The molecule has 1 unspecified atom stereocenters. The maximum atomic E-state index is 12.6. The lowest BCUT2D eigenvalue weighted by Gasteiger charge is -2.31. The van der Waals surface area contributed by atoms with Crippen LogP contribution in [-0.4, -0.2) is 33.6 Å². The molecular weight excluding hydrogens is 324 g/mol. The van der Waals surface area contributed by atoms with Gasteiger partial charge in [-0.2, -0.15) is 0 Å². The highest BCUT2D eigenvalue weighted by atomic mass is 32.2. The van der Waals surface area contributed by atoms with Crippen molar-refractivity contribution >= 4 is 29.3 Å². The first-order chi connectivity index (χ1) is 11.7. The molecule has 0 saturated heterocycles. The molecule has 0 aliphatic carbocycles. The van der Waals surface area contributed by atoms with E-state index in [2.05, 4.69) is 15.3 Å². The molecule has 1 N–H and O–H groups in total. The Morgan fingerprint density at radius 2 is 2.08 bits per heavy atom. The third-order valence-corrected chi connectivity index (χ3v) is 4.91. The molecule has 0 saturated carbocycles. The fraction of sp³-hybridized carbons (Fsp3) is 0.294. The summed E-state index contributed by atoms with van der Waals surface area (Å²) in [5.74, 6) is -0.210. The van der Waals surface area contributed by atoms with Crippen molar-refractivity contribution in [1.29, 1.82) is 0 Å². The Hall–Kier alpha value is -2.41. The maximum Gasteiger partial charge on any atom is 0.241 e. The lowest BCUT2D eigenvalue weighted by molar-refractivity contribution is -0.125. The summed E-state index contributed by atoms with van der Waals surface area (Å²) >= 11 is 1.36. The number of fused-ring (bicyclic) bond motifs is 1. The second kappa shape index (κ2) is 7.44. The van der Waals surface area contributed by atoms with Gasteiger partial charge in [-0.25, -0.2) is 4.98 Å². The standard InChI is InChI=1S/C17H18N4O2S/c1-2-21-13-7-5-9-19-16(13)24-14(17(21)23)10-15(22)20-11-12-6-3-4-8-18-12/h3-9,14H,2,10-11H2,1H3,(H,20,22). The SMILES string of the molecule is CCN1C(=O)C(CC(=O)NCc2ccccn2)Sc2ncccc21. The van der Waals surface area contributed by atoms with Crippen LogP contribution in [0.15, 0.2) is 47.8 Å². The summed E-state index contributed by atoms with van der Waals surface area (Å²) in [5.41, 5.74) is 1.61. The molecule has 0 radical (unpaired) electrons. The molecule has 0 aromatic carbocycles. The number of hydrogen-bond acceptors (Lipinski definition) is 5. The van der Waals surface area contributed by atoms with Crippen molar-refractivity contribution in [2.45, 2.75) is 30.2 Å². The van der Waals surface area contributed by atoms with Gasteiger partial charge in [-0.05, 0) is 31.2 Å². The van der Waals surface area contributed by atoms with Gasteiger partial charge in [0, 0.05) is 25.4 Å². The third kappa shape index (κ3) is 3.56. The second-order valence-corrected chi connectivity index (χ2v) is 6.51. The van der Waals surface area contributed by atoms with E-state index in [0.29, 0.717) is 13.1 Å². The number of rotatable bonds is 5. The van der Waals surface area contributed by atoms with E-state index in [1.165, 1.54) is 11.8 Å². The fourth-order valence-electron chi connectivity index (χ4n) is 2.54. The summed E-state index contributed by atoms with van der Waals surface area (Å²) in [6.07, 6.45) is 3.51. The highest BCUT2D eigenvalue weighted by Gasteiger charge is 2.34. The van der Waals surface area contributed by atoms with Crippen LogP contribution in [0.1, 0.15) is 19.0 Å². The van der Waals surface area contributed by atoms with Gasteiger partial charge in [-0.1, -0.05) is 17.8 Å². The summed E-state index contributed by atoms with van der Waals surface area (Å²) in [5, 5.41) is 3.16. The van der Waals surface area contributed by atoms with Gasteiger partial charge in [-0.15, -0.1) is 0 Å². The molecule has 1 aliphatic heterocycles. The van der Waals surface area contributed by atoms with E-state index in [1.54, 1.807) is 17.3 Å². The first-order valence-electron chi connectivity index (χ1n) is 7.78. The molecule has 2 amide bonds. The van der Waals surface area contributed by atoms with Crippen LogP contribution in [0, 0.1) is 0 Å². The molecule has 2 aromatic rings. The molecule has 3 rings (SSSR count). The third-order valence-electron chi connectivity index (χ3n) is 3.72. The van der Waals surface area contributed by atoms with E-state index in [9.17, 15) is 9.59 Å². The van der Waals surface area contributed by atoms with Crippen molar-refractivity contribution in [1.82, 2.24) is 15.3 Å². The largest absolute Gasteiger partial charge is 0.350 e. The molecular formula is C17H18N4O2S. The van der Waals surface area contributed by atoms with Crippen LogP contribution in [0.5, 0.6) is 0 Å². The first-order valence-corrected chi connectivity index (χ1v) is 8.66. The highest BCUT2D eigenvalue weighted by molar-refractivity contribution is 8.00. The van der Waals surface area contributed by atoms with Gasteiger partial charge in [0.15, 0.2) is 0 Å². The summed E-state index contributed by atoms with van der Waals surface area (Å²) < 4.78 is 0. The van der Waals surface area contributed by atoms with Crippen LogP contribution in [0.3, 0.4) is 0 Å². The molecule has 6 nitrogen and oxygen atoms in total. The summed E-state index contributed by atoms with van der Waals surface area (Å²) in [6.45, 7) is 2.84. The summed E-state index contributed by atoms with van der Waals surface area (Å²) in [6, 6.07) is 9.24. The molecule has 0 spiro atoms. The van der Waals surface area contributed by atoms with Crippen molar-refractivity contribution in [2.24, 2.45) is 0 Å². The first kappa shape index (κ1) is 16.4. The second-order valence-electron chi connectivity index (χ2n) is 5.32. The van der Waals surface area contributed by atoms with Crippen LogP contribution >= 0.6 is 11.8 Å². The normalized spacial score (nSPS) is 16.6. The van der Waals surface area contributed by atoms with Crippen molar-refractivity contribution in [3.8, 4) is 0 Å². The Morgan fingerprint density at radius 3 is 2.83 bits per heavy atom. The predicted octanol–water partition coefficient (Wildman–Crippen LogP) is 2.01. The number of nitrogens with zero attached hydrogens (tertiary/aromatic N) is 3. The minimum absolute atomic E-state index is 0.0454. The fourth-order valence-corrected chi connectivity index (χ4v) is 3.70. The highest BCUT2D eigenvalue weighted by Crippen LogP contribution is 2.38. The Bertz CT molecular complexity index is 738. The van der Waals surface area contributed by atoms with Gasteiger partial charge < -0.3 is 10.2 Å². The molecule has 7 heteroatoms. The molecule has 24 heavy (non-hydrogen) atoms. The number of anilines is 1. The average Bonchev–Trinajstić information content (AvgIpc) is 2.62. The zero-order valence-electron chi connectivity index (χ0n) is 13.3. The Balaban J connectivity index is 1.65. The number of pyridine rings is 2. The van der Waals surface area contributed by atoms with Crippen molar-refractivity contribution in [3.63, 3.8) is 0 Å². The number of thioether (sulfide) groups is 1. The van der Waals surface area contributed by atoms with Crippen LogP contribution in [0.2, 0.25) is 0 Å². The van der Waals surface area contributed by atoms with Gasteiger partial charge in [0.25, 0.3) is 0 Å². The summed E-state index contributed by atoms with van der Waals surface area (Å²) in [7, 11) is 0. The monoisotopic (exact) mass is 342 g/mol. The number of hydrogen-bond donors (Lipinski definition) is 1. The minimum Gasteiger partial charge on any atom is -0.350 e. The quantitative estimate of drug-likeness (QED) is 0.900. The van der Waals surface area contributed by atoms with Crippen LogP contribution in [0.25, 0.3) is 0 Å². The number of aromatic nitrogens is 2. The number of carbonyl (C=O) groups is 2. The van der Waals surface area contributed by atoms with Crippen molar-refractivity contribution < 1.29 is 9.59 Å². The number of amides is 2. The van der Waals surface area contributed by atoms with Gasteiger partial charge in [0.1, 0.15) is 5.03 Å². The van der Waals surface area contributed by atoms with E-state index in [-0.39, 0.29) is 18.2 Å². The van der Waals surface area contributed by atoms with Crippen LogP contribution in [0.4, 0.5) is 5.69 Å². The lowest BCUT2D eigenvalue weighted by atomic mass is 10.2. The molecule has 2 aromatic heterocycles. The summed E-state index contributed by atoms with van der Waals surface area (Å²) in [4.78, 5) is 35.0. The van der Waals surface area contributed by atoms with E-state index < -0.39 is 5.25 Å². The zero-order chi connectivity index (χ0) is 16.9. The van der Waals surface area contributed by atoms with Gasteiger partial charge in [0.05, 0.1) is 23.2 Å². The number of carbonyl (C=O) groups excluding carboxylic acids is 2.